The average molecular weight is 248 g/mol. The Morgan fingerprint density at radius 2 is 2.18 bits per heavy atom. The molecule has 5 heteroatoms. The van der Waals surface area contributed by atoms with Gasteiger partial charge in [-0.25, -0.2) is 9.97 Å². The van der Waals surface area contributed by atoms with Gasteiger partial charge in [0.05, 0.1) is 10.7 Å². The van der Waals surface area contributed by atoms with Crippen LogP contribution >= 0.6 is 11.3 Å². The van der Waals surface area contributed by atoms with Gasteiger partial charge >= 0.3 is 0 Å². The van der Waals surface area contributed by atoms with E-state index in [0.29, 0.717) is 24.3 Å². The van der Waals surface area contributed by atoms with Crippen molar-refractivity contribution in [2.45, 2.75) is 20.5 Å². The van der Waals surface area contributed by atoms with Gasteiger partial charge in [-0.2, -0.15) is 0 Å². The highest BCUT2D eigenvalue weighted by Crippen LogP contribution is 2.17. The number of hydrogen-bond acceptors (Lipinski definition) is 5. The Kier molecular flexibility index (Phi) is 3.49. The minimum Gasteiger partial charge on any atom is -0.485 e. The van der Waals surface area contributed by atoms with Crippen molar-refractivity contribution < 1.29 is 9.53 Å². The summed E-state index contributed by atoms with van der Waals surface area (Å²) >= 11 is 1.58. The van der Waals surface area contributed by atoms with Gasteiger partial charge in [-0.15, -0.1) is 11.3 Å². The number of aryl methyl sites for hydroxylation is 2. The predicted octanol–water partition coefficient (Wildman–Crippen LogP) is 2.55. The van der Waals surface area contributed by atoms with Crippen LogP contribution in [0.15, 0.2) is 17.5 Å². The number of hydrogen-bond donors (Lipinski definition) is 0. The number of aromatic nitrogens is 2. The Morgan fingerprint density at radius 3 is 2.82 bits per heavy atom. The molecule has 0 unspecified atom stereocenters. The number of thiazole rings is 1. The van der Waals surface area contributed by atoms with Gasteiger partial charge in [-0.1, -0.05) is 0 Å². The molecule has 0 atom stereocenters. The van der Waals surface area contributed by atoms with Gasteiger partial charge < -0.3 is 4.74 Å². The summed E-state index contributed by atoms with van der Waals surface area (Å²) in [5.41, 5.74) is 1.99. The molecule has 0 saturated heterocycles. The number of nitrogens with zero attached hydrogens (tertiary/aromatic N) is 2. The number of rotatable bonds is 4. The highest BCUT2D eigenvalue weighted by Gasteiger charge is 2.06. The van der Waals surface area contributed by atoms with Gasteiger partial charge in [0.25, 0.3) is 0 Å². The lowest BCUT2D eigenvalue weighted by Crippen LogP contribution is -2.01. The van der Waals surface area contributed by atoms with Crippen LogP contribution in [-0.4, -0.2) is 16.3 Å². The third kappa shape index (κ3) is 2.88. The SMILES string of the molecule is Cc1ccc(OCc2csc(C)n2)c(C=O)n1. The third-order valence-electron chi connectivity index (χ3n) is 2.18. The Bertz CT molecular complexity index is 537. The molecule has 17 heavy (non-hydrogen) atoms. The molecule has 0 fully saturated rings. The minimum absolute atomic E-state index is 0.331. The molecule has 0 aliphatic carbocycles. The second-order valence-electron chi connectivity index (χ2n) is 3.60. The Balaban J connectivity index is 2.11. The maximum absolute atomic E-state index is 10.8. The molecule has 0 radical (unpaired) electrons. The molecule has 2 aromatic heterocycles. The molecule has 0 saturated carbocycles. The molecule has 0 bridgehead atoms. The summed E-state index contributed by atoms with van der Waals surface area (Å²) in [6, 6.07) is 3.57. The fourth-order valence-corrected chi connectivity index (χ4v) is 1.99. The topological polar surface area (TPSA) is 52.1 Å². The van der Waals surface area contributed by atoms with Crippen LogP contribution in [0.3, 0.4) is 0 Å². The fraction of sp³-hybridized carbons (Fsp3) is 0.250. The summed E-state index contributed by atoms with van der Waals surface area (Å²) in [6.07, 6.45) is 0.703. The van der Waals surface area contributed by atoms with Crippen molar-refractivity contribution >= 4 is 17.6 Å². The lowest BCUT2D eigenvalue weighted by molar-refractivity contribution is 0.111. The van der Waals surface area contributed by atoms with E-state index in [4.69, 9.17) is 4.74 Å². The number of aldehydes is 1. The van der Waals surface area contributed by atoms with E-state index in [0.717, 1.165) is 16.4 Å². The zero-order valence-corrected chi connectivity index (χ0v) is 10.5. The van der Waals surface area contributed by atoms with E-state index in [1.165, 1.54) is 0 Å². The smallest absolute Gasteiger partial charge is 0.172 e. The quantitative estimate of drug-likeness (QED) is 0.780. The van der Waals surface area contributed by atoms with Gasteiger partial charge in [0.2, 0.25) is 0 Å². The second-order valence-corrected chi connectivity index (χ2v) is 4.66. The first-order valence-electron chi connectivity index (χ1n) is 5.15. The summed E-state index contributed by atoms with van der Waals surface area (Å²) in [7, 11) is 0. The molecule has 88 valence electrons. The first kappa shape index (κ1) is 11.7. The minimum atomic E-state index is 0.331. The Morgan fingerprint density at radius 1 is 1.35 bits per heavy atom. The molecule has 0 N–H and O–H groups in total. The van der Waals surface area contributed by atoms with Crippen LogP contribution in [0, 0.1) is 13.8 Å². The predicted molar refractivity (Wildman–Crippen MR) is 65.5 cm³/mol. The van der Waals surface area contributed by atoms with E-state index >= 15 is 0 Å². The zero-order chi connectivity index (χ0) is 12.3. The van der Waals surface area contributed by atoms with Crippen molar-refractivity contribution in [1.29, 1.82) is 0 Å². The number of pyridine rings is 1. The van der Waals surface area contributed by atoms with Crippen molar-refractivity contribution in [3.8, 4) is 5.75 Å². The van der Waals surface area contributed by atoms with E-state index in [-0.39, 0.29) is 0 Å². The third-order valence-corrected chi connectivity index (χ3v) is 3.00. The molecule has 0 spiro atoms. The van der Waals surface area contributed by atoms with E-state index in [1.807, 2.05) is 25.3 Å². The summed E-state index contributed by atoms with van der Waals surface area (Å²) in [4.78, 5) is 19.2. The van der Waals surface area contributed by atoms with E-state index < -0.39 is 0 Å². The van der Waals surface area contributed by atoms with Crippen LogP contribution in [-0.2, 0) is 6.61 Å². The van der Waals surface area contributed by atoms with Gasteiger partial charge in [-0.05, 0) is 26.0 Å². The Hall–Kier alpha value is -1.75. The monoisotopic (exact) mass is 248 g/mol. The lowest BCUT2D eigenvalue weighted by Gasteiger charge is -2.06. The van der Waals surface area contributed by atoms with Crippen molar-refractivity contribution in [3.05, 3.63) is 39.6 Å². The summed E-state index contributed by atoms with van der Waals surface area (Å²) in [5, 5.41) is 2.94. The van der Waals surface area contributed by atoms with Gasteiger partial charge in [0, 0.05) is 11.1 Å². The normalized spacial score (nSPS) is 10.2. The highest BCUT2D eigenvalue weighted by atomic mass is 32.1. The molecule has 2 heterocycles. The van der Waals surface area contributed by atoms with Gasteiger partial charge in [0.1, 0.15) is 18.1 Å². The van der Waals surface area contributed by atoms with Crippen molar-refractivity contribution in [2.75, 3.05) is 0 Å². The summed E-state index contributed by atoms with van der Waals surface area (Å²) < 4.78 is 5.53. The first-order valence-corrected chi connectivity index (χ1v) is 6.03. The molecular weight excluding hydrogens is 236 g/mol. The zero-order valence-electron chi connectivity index (χ0n) is 9.64. The van der Waals surface area contributed by atoms with Crippen LogP contribution in [0.2, 0.25) is 0 Å². The standard InChI is InChI=1S/C12H12N2O2S/c1-8-3-4-12(11(5-15)13-8)16-6-10-7-17-9(2)14-10/h3-5,7H,6H2,1-2H3. The van der Waals surface area contributed by atoms with Gasteiger partial charge in [0.15, 0.2) is 6.29 Å². The molecule has 2 aromatic rings. The van der Waals surface area contributed by atoms with Crippen LogP contribution in [0.4, 0.5) is 0 Å². The van der Waals surface area contributed by atoms with Gasteiger partial charge in [-0.3, -0.25) is 4.79 Å². The number of carbonyl (C=O) groups excluding carboxylic acids is 1. The summed E-state index contributed by atoms with van der Waals surface area (Å²) in [5.74, 6) is 0.497. The fourth-order valence-electron chi connectivity index (χ4n) is 1.40. The van der Waals surface area contributed by atoms with E-state index in [9.17, 15) is 4.79 Å². The molecule has 0 aliphatic rings. The number of ether oxygens (including phenoxy) is 1. The van der Waals surface area contributed by atoms with Crippen LogP contribution in [0.5, 0.6) is 5.75 Å². The van der Waals surface area contributed by atoms with Crippen LogP contribution in [0.1, 0.15) is 26.9 Å². The Labute approximate surface area is 103 Å². The molecular formula is C12H12N2O2S. The molecule has 4 nitrogen and oxygen atoms in total. The maximum atomic E-state index is 10.8. The maximum Gasteiger partial charge on any atom is 0.172 e. The average Bonchev–Trinajstić information content (AvgIpc) is 2.73. The van der Waals surface area contributed by atoms with Crippen molar-refractivity contribution in [3.63, 3.8) is 0 Å². The van der Waals surface area contributed by atoms with Crippen molar-refractivity contribution in [1.82, 2.24) is 9.97 Å². The van der Waals surface area contributed by atoms with E-state index in [1.54, 1.807) is 17.4 Å². The van der Waals surface area contributed by atoms with E-state index in [2.05, 4.69) is 9.97 Å². The molecule has 2 rings (SSSR count). The lowest BCUT2D eigenvalue weighted by atomic mass is 10.3. The van der Waals surface area contributed by atoms with Crippen molar-refractivity contribution in [2.24, 2.45) is 0 Å². The second kappa shape index (κ2) is 5.05. The summed E-state index contributed by atoms with van der Waals surface area (Å²) in [6.45, 7) is 4.13. The van der Waals surface area contributed by atoms with Crippen LogP contribution in [0.25, 0.3) is 0 Å². The number of carbonyl (C=O) groups is 1. The first-order chi connectivity index (χ1) is 8.19. The van der Waals surface area contributed by atoms with Crippen LogP contribution < -0.4 is 4.74 Å². The molecule has 0 aliphatic heterocycles. The highest BCUT2D eigenvalue weighted by molar-refractivity contribution is 7.09. The molecule has 0 amide bonds. The largest absolute Gasteiger partial charge is 0.485 e. The molecule has 0 aromatic carbocycles.